The van der Waals surface area contributed by atoms with Gasteiger partial charge in [-0.1, -0.05) is 20.3 Å². The molecule has 11 heavy (non-hydrogen) atoms. The van der Waals surface area contributed by atoms with Gasteiger partial charge in [0, 0.05) is 0 Å². The minimum atomic E-state index is 0.240. The minimum absolute atomic E-state index is 0.240. The van der Waals surface area contributed by atoms with E-state index < -0.39 is 0 Å². The third kappa shape index (κ3) is 5.22. The van der Waals surface area contributed by atoms with E-state index >= 15 is 0 Å². The van der Waals surface area contributed by atoms with Gasteiger partial charge in [-0.3, -0.25) is 4.90 Å². The van der Waals surface area contributed by atoms with E-state index in [0.717, 1.165) is 6.61 Å². The molecular formula is C9H21NO. The molecule has 0 aromatic heterocycles. The van der Waals surface area contributed by atoms with Crippen molar-refractivity contribution in [1.82, 2.24) is 4.90 Å². The molecule has 2 atom stereocenters. The summed E-state index contributed by atoms with van der Waals surface area (Å²) in [4.78, 5) is 2.07. The largest absolute Gasteiger partial charge is 0.363 e. The second-order valence-electron chi connectivity index (χ2n) is 3.41. The average molecular weight is 159 g/mol. The van der Waals surface area contributed by atoms with E-state index in [1.807, 2.05) is 14.1 Å². The summed E-state index contributed by atoms with van der Waals surface area (Å²) in [6.45, 7) is 7.34. The van der Waals surface area contributed by atoms with E-state index in [-0.39, 0.29) is 6.23 Å². The third-order valence-electron chi connectivity index (χ3n) is 2.05. The fraction of sp³-hybridized carbons (Fsp3) is 1.00. The molecule has 0 aliphatic heterocycles. The zero-order valence-electron chi connectivity index (χ0n) is 8.42. The lowest BCUT2D eigenvalue weighted by Gasteiger charge is -2.21. The van der Waals surface area contributed by atoms with E-state index in [4.69, 9.17) is 4.74 Å². The lowest BCUT2D eigenvalue weighted by molar-refractivity contribution is -0.0363. The van der Waals surface area contributed by atoms with Crippen LogP contribution in [-0.4, -0.2) is 31.8 Å². The molecule has 0 aliphatic rings. The van der Waals surface area contributed by atoms with Gasteiger partial charge in [0.15, 0.2) is 0 Å². The summed E-state index contributed by atoms with van der Waals surface area (Å²) in [5.41, 5.74) is 0. The van der Waals surface area contributed by atoms with Gasteiger partial charge < -0.3 is 4.74 Å². The Morgan fingerprint density at radius 1 is 1.27 bits per heavy atom. The minimum Gasteiger partial charge on any atom is -0.363 e. The molecule has 0 aromatic rings. The number of hydrogen-bond acceptors (Lipinski definition) is 2. The Bertz CT molecular complexity index is 93.6. The van der Waals surface area contributed by atoms with E-state index in [0.29, 0.717) is 5.92 Å². The molecule has 2 heteroatoms. The van der Waals surface area contributed by atoms with Crippen LogP contribution >= 0.6 is 0 Å². The molecule has 0 bridgehead atoms. The monoisotopic (exact) mass is 159 g/mol. The third-order valence-corrected chi connectivity index (χ3v) is 2.05. The van der Waals surface area contributed by atoms with Crippen molar-refractivity contribution in [3.05, 3.63) is 0 Å². The SMILES string of the molecule is CCC(C)COC(C)N(C)C. The van der Waals surface area contributed by atoms with Crippen LogP contribution in [0.2, 0.25) is 0 Å². The summed E-state index contributed by atoms with van der Waals surface area (Å²) in [6.07, 6.45) is 1.43. The highest BCUT2D eigenvalue weighted by Crippen LogP contribution is 2.03. The van der Waals surface area contributed by atoms with Crippen LogP contribution in [-0.2, 0) is 4.74 Å². The summed E-state index contributed by atoms with van der Waals surface area (Å²) < 4.78 is 5.58. The summed E-state index contributed by atoms with van der Waals surface area (Å²) in [7, 11) is 4.06. The molecule has 0 aliphatic carbocycles. The van der Waals surface area contributed by atoms with Gasteiger partial charge in [0.25, 0.3) is 0 Å². The quantitative estimate of drug-likeness (QED) is 0.569. The molecule has 0 saturated carbocycles. The first-order valence-electron chi connectivity index (χ1n) is 4.36. The van der Waals surface area contributed by atoms with Gasteiger partial charge in [0.2, 0.25) is 0 Å². The Morgan fingerprint density at radius 2 is 1.82 bits per heavy atom. The first-order valence-corrected chi connectivity index (χ1v) is 4.36. The summed E-state index contributed by atoms with van der Waals surface area (Å²) >= 11 is 0. The van der Waals surface area contributed by atoms with Crippen LogP contribution in [0.25, 0.3) is 0 Å². The van der Waals surface area contributed by atoms with Crippen LogP contribution in [0.15, 0.2) is 0 Å². The maximum absolute atomic E-state index is 5.58. The fourth-order valence-corrected chi connectivity index (χ4v) is 0.570. The highest BCUT2D eigenvalue weighted by atomic mass is 16.5. The Hall–Kier alpha value is -0.0800. The van der Waals surface area contributed by atoms with Gasteiger partial charge in [-0.05, 0) is 26.9 Å². The average Bonchev–Trinajstić information content (AvgIpc) is 1.99. The van der Waals surface area contributed by atoms with Gasteiger partial charge in [-0.15, -0.1) is 0 Å². The van der Waals surface area contributed by atoms with Crippen molar-refractivity contribution in [3.63, 3.8) is 0 Å². The van der Waals surface area contributed by atoms with Gasteiger partial charge in [0.05, 0.1) is 6.61 Å². The first-order chi connectivity index (χ1) is 5.07. The predicted octanol–water partition coefficient (Wildman–Crippen LogP) is 1.96. The van der Waals surface area contributed by atoms with Crippen LogP contribution in [0.3, 0.4) is 0 Å². The van der Waals surface area contributed by atoms with Gasteiger partial charge >= 0.3 is 0 Å². The molecule has 0 amide bonds. The smallest absolute Gasteiger partial charge is 0.107 e. The normalized spacial score (nSPS) is 16.9. The first kappa shape index (κ1) is 10.9. The Kier molecular flexibility index (Phi) is 5.51. The number of hydrogen-bond donors (Lipinski definition) is 0. The van der Waals surface area contributed by atoms with Crippen molar-refractivity contribution in [1.29, 1.82) is 0 Å². The second kappa shape index (κ2) is 5.56. The molecule has 0 spiro atoms. The summed E-state index contributed by atoms with van der Waals surface area (Å²) in [6, 6.07) is 0. The maximum Gasteiger partial charge on any atom is 0.107 e. The van der Waals surface area contributed by atoms with E-state index in [9.17, 15) is 0 Å². The standard InChI is InChI=1S/C9H21NO/c1-6-8(2)7-11-9(3)10(4)5/h8-9H,6-7H2,1-5H3. The van der Waals surface area contributed by atoms with Crippen LogP contribution in [0, 0.1) is 5.92 Å². The molecule has 2 unspecified atom stereocenters. The van der Waals surface area contributed by atoms with E-state index in [1.54, 1.807) is 0 Å². The number of nitrogens with zero attached hydrogens (tertiary/aromatic N) is 1. The Morgan fingerprint density at radius 3 is 2.18 bits per heavy atom. The summed E-state index contributed by atoms with van der Waals surface area (Å²) in [5, 5.41) is 0. The van der Waals surface area contributed by atoms with E-state index in [2.05, 4.69) is 25.7 Å². The van der Waals surface area contributed by atoms with Crippen LogP contribution in [0.1, 0.15) is 27.2 Å². The fourth-order valence-electron chi connectivity index (χ4n) is 0.570. The van der Waals surface area contributed by atoms with Crippen molar-refractivity contribution in [2.45, 2.75) is 33.4 Å². The van der Waals surface area contributed by atoms with Crippen LogP contribution in [0.5, 0.6) is 0 Å². The number of ether oxygens (including phenoxy) is 1. The zero-order chi connectivity index (χ0) is 8.85. The Balaban J connectivity index is 3.37. The topological polar surface area (TPSA) is 12.5 Å². The zero-order valence-corrected chi connectivity index (χ0v) is 8.42. The second-order valence-corrected chi connectivity index (χ2v) is 3.41. The molecule has 68 valence electrons. The highest BCUT2D eigenvalue weighted by Gasteiger charge is 2.05. The predicted molar refractivity (Wildman–Crippen MR) is 48.6 cm³/mol. The van der Waals surface area contributed by atoms with Crippen molar-refractivity contribution in [3.8, 4) is 0 Å². The lowest BCUT2D eigenvalue weighted by Crippen LogP contribution is -2.28. The molecule has 0 radical (unpaired) electrons. The van der Waals surface area contributed by atoms with Gasteiger partial charge in [-0.25, -0.2) is 0 Å². The highest BCUT2D eigenvalue weighted by molar-refractivity contribution is 4.49. The molecule has 0 heterocycles. The van der Waals surface area contributed by atoms with Crippen molar-refractivity contribution < 1.29 is 4.74 Å². The molecule has 0 saturated heterocycles. The Labute approximate surface area is 70.5 Å². The van der Waals surface area contributed by atoms with Gasteiger partial charge in [0.1, 0.15) is 6.23 Å². The molecule has 0 fully saturated rings. The molecule has 2 nitrogen and oxygen atoms in total. The lowest BCUT2D eigenvalue weighted by atomic mass is 10.1. The maximum atomic E-state index is 5.58. The molecule has 0 rings (SSSR count). The van der Waals surface area contributed by atoms with Crippen molar-refractivity contribution in [2.75, 3.05) is 20.7 Å². The van der Waals surface area contributed by atoms with E-state index in [1.165, 1.54) is 6.42 Å². The van der Waals surface area contributed by atoms with Crippen LogP contribution in [0.4, 0.5) is 0 Å². The molecule has 0 aromatic carbocycles. The summed E-state index contributed by atoms with van der Waals surface area (Å²) in [5.74, 6) is 0.678. The number of rotatable bonds is 5. The van der Waals surface area contributed by atoms with Gasteiger partial charge in [-0.2, -0.15) is 0 Å². The van der Waals surface area contributed by atoms with Crippen LogP contribution < -0.4 is 0 Å². The van der Waals surface area contributed by atoms with Crippen molar-refractivity contribution in [2.24, 2.45) is 5.92 Å². The molecular weight excluding hydrogens is 138 g/mol. The molecule has 0 N–H and O–H groups in total. The van der Waals surface area contributed by atoms with Crippen molar-refractivity contribution >= 4 is 0 Å².